The summed E-state index contributed by atoms with van der Waals surface area (Å²) >= 11 is 0. The van der Waals surface area contributed by atoms with Crippen LogP contribution in [0.5, 0.6) is 0 Å². The number of hydrogen-bond acceptors (Lipinski definition) is 3. The Morgan fingerprint density at radius 2 is 2.12 bits per heavy atom. The Balaban J connectivity index is 2.02. The number of hydrogen-bond donors (Lipinski definition) is 1. The molecular formula is C11H16N4O2. The molecule has 6 nitrogen and oxygen atoms in total. The highest BCUT2D eigenvalue weighted by Gasteiger charge is 2.35. The summed E-state index contributed by atoms with van der Waals surface area (Å²) in [5.74, 6) is -0.137. The minimum atomic E-state index is -0.434. The monoisotopic (exact) mass is 236 g/mol. The third-order valence-corrected chi connectivity index (χ3v) is 2.99. The minimum Gasteiger partial charge on any atom is -0.343 e. The van der Waals surface area contributed by atoms with Gasteiger partial charge >= 0.3 is 0 Å². The molecular weight excluding hydrogens is 220 g/mol. The van der Waals surface area contributed by atoms with Gasteiger partial charge in [0.05, 0.1) is 6.54 Å². The Hall–Kier alpha value is -1.85. The molecule has 2 unspecified atom stereocenters. The maximum absolute atomic E-state index is 11.9. The van der Waals surface area contributed by atoms with Crippen LogP contribution in [0.2, 0.25) is 0 Å². The van der Waals surface area contributed by atoms with Gasteiger partial charge in [-0.3, -0.25) is 14.3 Å². The van der Waals surface area contributed by atoms with E-state index in [2.05, 4.69) is 10.4 Å². The molecule has 2 atom stereocenters. The van der Waals surface area contributed by atoms with E-state index in [-0.39, 0.29) is 11.8 Å². The van der Waals surface area contributed by atoms with Gasteiger partial charge in [-0.25, -0.2) is 0 Å². The lowest BCUT2D eigenvalue weighted by Gasteiger charge is -2.36. The van der Waals surface area contributed by atoms with Crippen molar-refractivity contribution in [3.63, 3.8) is 0 Å². The fraction of sp³-hybridized carbons (Fsp3) is 0.545. The summed E-state index contributed by atoms with van der Waals surface area (Å²) in [4.78, 5) is 25.1. The Labute approximate surface area is 99.6 Å². The van der Waals surface area contributed by atoms with Gasteiger partial charge in [0, 0.05) is 18.9 Å². The van der Waals surface area contributed by atoms with Crippen LogP contribution in [0.25, 0.3) is 0 Å². The van der Waals surface area contributed by atoms with E-state index in [1.165, 1.54) is 0 Å². The lowest BCUT2D eigenvalue weighted by atomic mass is 10.1. The largest absolute Gasteiger partial charge is 0.343 e. The third kappa shape index (κ3) is 2.30. The summed E-state index contributed by atoms with van der Waals surface area (Å²) < 4.78 is 1.75. The molecule has 1 N–H and O–H groups in total. The van der Waals surface area contributed by atoms with Crippen molar-refractivity contribution in [2.75, 3.05) is 6.54 Å². The minimum absolute atomic E-state index is 0.0377. The molecule has 92 valence electrons. The molecule has 1 aliphatic rings. The molecule has 0 aromatic carbocycles. The molecule has 0 saturated carbocycles. The van der Waals surface area contributed by atoms with Gasteiger partial charge in [0.15, 0.2) is 0 Å². The molecule has 1 aromatic rings. The van der Waals surface area contributed by atoms with Crippen molar-refractivity contribution in [2.24, 2.45) is 0 Å². The zero-order chi connectivity index (χ0) is 12.4. The fourth-order valence-corrected chi connectivity index (χ4v) is 1.92. The van der Waals surface area contributed by atoms with Gasteiger partial charge in [-0.2, -0.15) is 5.10 Å². The van der Waals surface area contributed by atoms with Crippen molar-refractivity contribution in [1.82, 2.24) is 20.0 Å². The van der Waals surface area contributed by atoms with Crippen molar-refractivity contribution in [3.05, 3.63) is 18.5 Å². The Bertz CT molecular complexity index is 415. The summed E-state index contributed by atoms with van der Waals surface area (Å²) in [5, 5.41) is 6.72. The summed E-state index contributed by atoms with van der Waals surface area (Å²) in [7, 11) is 0. The summed E-state index contributed by atoms with van der Waals surface area (Å²) in [6.07, 6.45) is 3.53. The molecule has 2 amide bonds. The molecule has 0 bridgehead atoms. The predicted octanol–water partition coefficient (Wildman–Crippen LogP) is -0.381. The number of piperazine rings is 1. The number of aromatic nitrogens is 2. The van der Waals surface area contributed by atoms with Gasteiger partial charge in [0.1, 0.15) is 12.1 Å². The first-order valence-electron chi connectivity index (χ1n) is 5.68. The van der Waals surface area contributed by atoms with E-state index in [0.717, 1.165) is 0 Å². The van der Waals surface area contributed by atoms with E-state index in [4.69, 9.17) is 0 Å². The molecule has 0 spiro atoms. The molecule has 0 aliphatic carbocycles. The van der Waals surface area contributed by atoms with Crippen LogP contribution in [-0.4, -0.2) is 45.1 Å². The van der Waals surface area contributed by atoms with Gasteiger partial charge in [0.2, 0.25) is 11.8 Å². The quantitative estimate of drug-likeness (QED) is 0.778. The van der Waals surface area contributed by atoms with E-state index in [9.17, 15) is 9.59 Å². The zero-order valence-corrected chi connectivity index (χ0v) is 9.96. The van der Waals surface area contributed by atoms with Crippen LogP contribution in [0, 0.1) is 0 Å². The van der Waals surface area contributed by atoms with Gasteiger partial charge in [-0.1, -0.05) is 0 Å². The van der Waals surface area contributed by atoms with Crippen LogP contribution in [0.1, 0.15) is 13.8 Å². The highest BCUT2D eigenvalue weighted by Crippen LogP contribution is 2.09. The number of nitrogens with zero attached hydrogens (tertiary/aromatic N) is 3. The Morgan fingerprint density at radius 1 is 1.35 bits per heavy atom. The second-order valence-corrected chi connectivity index (χ2v) is 4.21. The van der Waals surface area contributed by atoms with Gasteiger partial charge in [-0.05, 0) is 19.9 Å². The van der Waals surface area contributed by atoms with Crippen molar-refractivity contribution in [3.8, 4) is 0 Å². The highest BCUT2D eigenvalue weighted by molar-refractivity contribution is 5.96. The van der Waals surface area contributed by atoms with Crippen LogP contribution in [-0.2, 0) is 16.1 Å². The second-order valence-electron chi connectivity index (χ2n) is 4.21. The fourth-order valence-electron chi connectivity index (χ4n) is 1.92. The number of carbonyl (C=O) groups is 2. The normalized spacial score (nSPS) is 24.9. The first-order chi connectivity index (χ1) is 8.09. The Kier molecular flexibility index (Phi) is 3.12. The van der Waals surface area contributed by atoms with Gasteiger partial charge < -0.3 is 10.2 Å². The molecule has 0 radical (unpaired) electrons. The molecule has 1 saturated heterocycles. The van der Waals surface area contributed by atoms with E-state index in [1.54, 1.807) is 29.6 Å². The molecule has 1 aromatic heterocycles. The first-order valence-corrected chi connectivity index (χ1v) is 5.68. The molecule has 6 heteroatoms. The third-order valence-electron chi connectivity index (χ3n) is 2.99. The standard InChI is InChI=1S/C11H16N4O2/c1-8-11(17)15(9(2)10(16)13-8)7-6-14-5-3-4-12-14/h3-5,8-9H,6-7H2,1-2H3,(H,13,16). The van der Waals surface area contributed by atoms with Crippen LogP contribution in [0.3, 0.4) is 0 Å². The maximum atomic E-state index is 11.9. The molecule has 2 rings (SSSR count). The summed E-state index contributed by atoms with van der Waals surface area (Å²) in [6.45, 7) is 4.54. The summed E-state index contributed by atoms with van der Waals surface area (Å²) in [6, 6.07) is 0.988. The van der Waals surface area contributed by atoms with Crippen molar-refractivity contribution in [1.29, 1.82) is 0 Å². The van der Waals surface area contributed by atoms with Crippen LogP contribution in [0.4, 0.5) is 0 Å². The predicted molar refractivity (Wildman–Crippen MR) is 61.0 cm³/mol. The molecule has 17 heavy (non-hydrogen) atoms. The van der Waals surface area contributed by atoms with Gasteiger partial charge in [-0.15, -0.1) is 0 Å². The smallest absolute Gasteiger partial charge is 0.245 e. The lowest BCUT2D eigenvalue weighted by Crippen LogP contribution is -2.61. The average Bonchev–Trinajstić information content (AvgIpc) is 2.79. The number of amides is 2. The highest BCUT2D eigenvalue weighted by atomic mass is 16.2. The molecule has 2 heterocycles. The summed E-state index contributed by atoms with van der Waals surface area (Å²) in [5.41, 5.74) is 0. The van der Waals surface area contributed by atoms with Crippen molar-refractivity contribution >= 4 is 11.8 Å². The zero-order valence-electron chi connectivity index (χ0n) is 9.96. The Morgan fingerprint density at radius 3 is 2.76 bits per heavy atom. The first kappa shape index (κ1) is 11.6. The second kappa shape index (κ2) is 4.57. The number of rotatable bonds is 3. The van der Waals surface area contributed by atoms with E-state index in [1.807, 2.05) is 12.3 Å². The van der Waals surface area contributed by atoms with Crippen LogP contribution < -0.4 is 5.32 Å². The topological polar surface area (TPSA) is 67.2 Å². The number of carbonyl (C=O) groups excluding carboxylic acids is 2. The van der Waals surface area contributed by atoms with E-state index < -0.39 is 12.1 Å². The van der Waals surface area contributed by atoms with Crippen LogP contribution in [0.15, 0.2) is 18.5 Å². The maximum Gasteiger partial charge on any atom is 0.245 e. The molecule has 1 fully saturated rings. The van der Waals surface area contributed by atoms with Gasteiger partial charge in [0.25, 0.3) is 0 Å². The van der Waals surface area contributed by atoms with Crippen LogP contribution >= 0.6 is 0 Å². The average molecular weight is 236 g/mol. The van der Waals surface area contributed by atoms with E-state index in [0.29, 0.717) is 13.1 Å². The van der Waals surface area contributed by atoms with Crippen molar-refractivity contribution < 1.29 is 9.59 Å². The SMILES string of the molecule is CC1NC(=O)C(C)N(CCn2cccn2)C1=O. The van der Waals surface area contributed by atoms with E-state index >= 15 is 0 Å². The molecule has 1 aliphatic heterocycles. The van der Waals surface area contributed by atoms with Crippen molar-refractivity contribution in [2.45, 2.75) is 32.5 Å². The lowest BCUT2D eigenvalue weighted by molar-refractivity contribution is -0.148. The number of nitrogens with one attached hydrogen (secondary N) is 1.